The smallest absolute Gasteiger partial charge is 0.468 e. The SMILES string of the molecule is C=CC(=O)OC(OCCCC(F)(F)C(F)(F)S(=O)(=O)[O-])(C(=O)Oc1ccccc1)C(F)(F)F. The van der Waals surface area contributed by atoms with Crippen molar-refractivity contribution in [1.29, 1.82) is 0 Å². The summed E-state index contributed by atoms with van der Waals surface area (Å²) >= 11 is 0. The molecule has 0 saturated carbocycles. The zero-order chi connectivity index (χ0) is 25.7. The zero-order valence-electron chi connectivity index (χ0n) is 16.1. The van der Waals surface area contributed by atoms with Crippen LogP contribution in [-0.2, 0) is 29.2 Å². The predicted molar refractivity (Wildman–Crippen MR) is 91.9 cm³/mol. The molecule has 0 fully saturated rings. The molecule has 1 rings (SSSR count). The highest BCUT2D eigenvalue weighted by Gasteiger charge is 2.68. The lowest BCUT2D eigenvalue weighted by molar-refractivity contribution is -0.352. The lowest BCUT2D eigenvalue weighted by Gasteiger charge is -2.32. The molecule has 1 atom stereocenters. The molecule has 33 heavy (non-hydrogen) atoms. The number of esters is 2. The first kappa shape index (κ1) is 28.3. The number of hydrogen-bond donors (Lipinski definition) is 0. The molecule has 0 aromatic heterocycles. The van der Waals surface area contributed by atoms with Crippen molar-refractivity contribution < 1.29 is 67.5 Å². The molecule has 0 aliphatic carbocycles. The van der Waals surface area contributed by atoms with E-state index in [1.165, 1.54) is 18.2 Å². The molecule has 0 radical (unpaired) electrons. The molecule has 0 spiro atoms. The van der Waals surface area contributed by atoms with E-state index in [0.29, 0.717) is 0 Å². The second-order valence-corrected chi connectivity index (χ2v) is 7.49. The number of rotatable bonds is 11. The molecule has 0 heterocycles. The van der Waals surface area contributed by atoms with Crippen LogP contribution in [0, 0.1) is 0 Å². The van der Waals surface area contributed by atoms with Gasteiger partial charge < -0.3 is 18.8 Å². The Kier molecular flexibility index (Phi) is 8.62. The van der Waals surface area contributed by atoms with Crippen LogP contribution < -0.4 is 4.74 Å². The van der Waals surface area contributed by atoms with Crippen LogP contribution >= 0.6 is 0 Å². The Morgan fingerprint density at radius 2 is 1.58 bits per heavy atom. The number of alkyl halides is 7. The molecule has 1 aromatic carbocycles. The van der Waals surface area contributed by atoms with E-state index in [0.717, 1.165) is 12.1 Å². The highest BCUT2D eigenvalue weighted by molar-refractivity contribution is 7.86. The largest absolute Gasteiger partial charge is 0.743 e. The first-order valence-corrected chi connectivity index (χ1v) is 9.86. The average Bonchev–Trinajstić information content (AvgIpc) is 2.68. The van der Waals surface area contributed by atoms with Crippen molar-refractivity contribution in [2.45, 2.75) is 36.0 Å². The van der Waals surface area contributed by atoms with Crippen molar-refractivity contribution in [3.8, 4) is 5.75 Å². The van der Waals surface area contributed by atoms with Gasteiger partial charge in [-0.15, -0.1) is 0 Å². The van der Waals surface area contributed by atoms with E-state index in [-0.39, 0.29) is 6.08 Å². The molecule has 0 aliphatic rings. The summed E-state index contributed by atoms with van der Waals surface area (Å²) in [5.74, 6) is -14.7. The third-order valence-electron chi connectivity index (χ3n) is 3.69. The van der Waals surface area contributed by atoms with Gasteiger partial charge in [-0.2, -0.15) is 30.7 Å². The Hall–Kier alpha value is -2.72. The lowest BCUT2D eigenvalue weighted by atomic mass is 10.2. The van der Waals surface area contributed by atoms with Gasteiger partial charge in [0.05, 0.1) is 6.61 Å². The second-order valence-electron chi connectivity index (χ2n) is 6.07. The van der Waals surface area contributed by atoms with E-state index in [9.17, 15) is 53.3 Å². The van der Waals surface area contributed by atoms with Gasteiger partial charge in [-0.25, -0.2) is 18.0 Å². The summed E-state index contributed by atoms with van der Waals surface area (Å²) in [5.41, 5.74) is 0. The Balaban J connectivity index is 3.15. The van der Waals surface area contributed by atoms with Crippen LogP contribution in [0.25, 0.3) is 0 Å². The molecule has 1 aromatic rings. The van der Waals surface area contributed by atoms with Crippen LogP contribution in [0.5, 0.6) is 5.75 Å². The fraction of sp³-hybridized carbons (Fsp3) is 0.412. The van der Waals surface area contributed by atoms with Crippen molar-refractivity contribution in [3.63, 3.8) is 0 Å². The normalized spacial score (nSPS) is 14.8. The lowest BCUT2D eigenvalue weighted by Crippen LogP contribution is -2.59. The maximum Gasteiger partial charge on any atom is 0.468 e. The Labute approximate surface area is 181 Å². The summed E-state index contributed by atoms with van der Waals surface area (Å²) in [6.07, 6.45) is -9.27. The van der Waals surface area contributed by atoms with Crippen molar-refractivity contribution in [1.82, 2.24) is 0 Å². The predicted octanol–water partition coefficient (Wildman–Crippen LogP) is 3.15. The van der Waals surface area contributed by atoms with E-state index < -0.39 is 70.4 Å². The van der Waals surface area contributed by atoms with Crippen molar-refractivity contribution in [3.05, 3.63) is 43.0 Å². The van der Waals surface area contributed by atoms with E-state index >= 15 is 0 Å². The topological polar surface area (TPSA) is 119 Å². The molecule has 186 valence electrons. The van der Waals surface area contributed by atoms with Gasteiger partial charge >= 0.3 is 35.1 Å². The molecule has 8 nitrogen and oxygen atoms in total. The third kappa shape index (κ3) is 6.42. The van der Waals surface area contributed by atoms with Gasteiger partial charge in [0, 0.05) is 12.5 Å². The van der Waals surface area contributed by atoms with Gasteiger partial charge in [0.1, 0.15) is 5.75 Å². The molecule has 0 N–H and O–H groups in total. The van der Waals surface area contributed by atoms with Gasteiger partial charge in [-0.3, -0.25) is 0 Å². The maximum absolute atomic E-state index is 13.7. The van der Waals surface area contributed by atoms with Crippen molar-refractivity contribution in [2.24, 2.45) is 0 Å². The molecular formula is C17H14F7O8S-. The highest BCUT2D eigenvalue weighted by Crippen LogP contribution is 2.42. The highest BCUT2D eigenvalue weighted by atomic mass is 32.2. The van der Waals surface area contributed by atoms with Crippen LogP contribution in [0.2, 0.25) is 0 Å². The minimum absolute atomic E-state index is 0.202. The molecular weight excluding hydrogens is 497 g/mol. The summed E-state index contributed by atoms with van der Waals surface area (Å²) in [4.78, 5) is 23.7. The van der Waals surface area contributed by atoms with E-state index in [4.69, 9.17) is 0 Å². The number of carbonyl (C=O) groups excluding carboxylic acids is 2. The van der Waals surface area contributed by atoms with Crippen LogP contribution in [0.4, 0.5) is 30.7 Å². The van der Waals surface area contributed by atoms with Gasteiger partial charge in [0.25, 0.3) is 0 Å². The Bertz CT molecular complexity index is 963. The molecule has 0 amide bonds. The molecule has 0 aliphatic heterocycles. The number of para-hydroxylation sites is 1. The molecule has 16 heteroatoms. The van der Waals surface area contributed by atoms with Gasteiger partial charge in [-0.05, 0) is 18.6 Å². The third-order valence-corrected chi connectivity index (χ3v) is 4.61. The molecule has 0 saturated heterocycles. The van der Waals surface area contributed by atoms with Gasteiger partial charge in [0.15, 0.2) is 10.1 Å². The maximum atomic E-state index is 13.7. The standard InChI is InChI=1S/C17H15F7O8S/c1-2-12(25)32-15(16(20,21)22,13(26)31-11-7-4-3-5-8-11)30-10-6-9-14(18,19)17(23,24)33(27,28)29/h2-5,7-8H,1,6,9-10H2,(H,27,28,29)/p-1. The van der Waals surface area contributed by atoms with E-state index in [1.54, 1.807) is 0 Å². The van der Waals surface area contributed by atoms with Crippen molar-refractivity contribution >= 4 is 22.1 Å². The molecule has 1 unspecified atom stereocenters. The number of carbonyl (C=O) groups is 2. The quantitative estimate of drug-likeness (QED) is 0.0846. The minimum Gasteiger partial charge on any atom is -0.743 e. The first-order valence-electron chi connectivity index (χ1n) is 8.46. The Morgan fingerprint density at radius 3 is 2.03 bits per heavy atom. The summed E-state index contributed by atoms with van der Waals surface area (Å²) in [6.45, 7) is 1.23. The van der Waals surface area contributed by atoms with Crippen LogP contribution in [0.15, 0.2) is 43.0 Å². The number of ether oxygens (including phenoxy) is 3. The monoisotopic (exact) mass is 511 g/mol. The summed E-state index contributed by atoms with van der Waals surface area (Å²) < 4.78 is 138. The molecule has 0 bridgehead atoms. The van der Waals surface area contributed by atoms with Crippen LogP contribution in [-0.4, -0.2) is 54.7 Å². The van der Waals surface area contributed by atoms with Gasteiger partial charge in [-0.1, -0.05) is 24.8 Å². The Morgan fingerprint density at radius 1 is 1.03 bits per heavy atom. The fourth-order valence-corrected chi connectivity index (χ4v) is 2.54. The van der Waals surface area contributed by atoms with E-state index in [1.807, 2.05) is 0 Å². The minimum atomic E-state index is -6.82. The number of halogens is 7. The van der Waals surface area contributed by atoms with Crippen LogP contribution in [0.3, 0.4) is 0 Å². The summed E-state index contributed by atoms with van der Waals surface area (Å²) in [7, 11) is -6.82. The summed E-state index contributed by atoms with van der Waals surface area (Å²) in [5, 5.41) is -6.08. The number of hydrogen-bond acceptors (Lipinski definition) is 8. The average molecular weight is 511 g/mol. The first-order chi connectivity index (χ1) is 14.9. The number of benzene rings is 1. The van der Waals surface area contributed by atoms with Crippen molar-refractivity contribution in [2.75, 3.05) is 6.61 Å². The summed E-state index contributed by atoms with van der Waals surface area (Å²) in [6, 6.07) is 5.96. The van der Waals surface area contributed by atoms with Crippen LogP contribution in [0.1, 0.15) is 12.8 Å². The van der Waals surface area contributed by atoms with Gasteiger partial charge in [0.2, 0.25) is 0 Å². The zero-order valence-corrected chi connectivity index (χ0v) is 16.9. The van der Waals surface area contributed by atoms with E-state index in [2.05, 4.69) is 20.8 Å². The fourth-order valence-electron chi connectivity index (χ4n) is 2.07. The second kappa shape index (κ2) is 10.0.